The van der Waals surface area contributed by atoms with Crippen molar-refractivity contribution in [3.8, 4) is 0 Å². The third-order valence-corrected chi connectivity index (χ3v) is 2.28. The summed E-state index contributed by atoms with van der Waals surface area (Å²) in [4.78, 5) is 11.5. The van der Waals surface area contributed by atoms with Crippen molar-refractivity contribution in [1.29, 1.82) is 0 Å². The van der Waals surface area contributed by atoms with Crippen molar-refractivity contribution >= 4 is 5.97 Å². The second-order valence-corrected chi connectivity index (χ2v) is 4.16. The Bertz CT molecular complexity index is 319. The Labute approximate surface area is 96.1 Å². The molecule has 1 aromatic carbocycles. The highest BCUT2D eigenvalue weighted by Crippen LogP contribution is 2.14. The zero-order valence-corrected chi connectivity index (χ0v) is 9.72. The molecular weight excluding hydrogens is 204 g/mol. The molecule has 1 N–H and O–H groups in total. The average molecular weight is 222 g/mol. The van der Waals surface area contributed by atoms with Gasteiger partial charge in [-0.25, -0.2) is 4.79 Å². The van der Waals surface area contributed by atoms with Gasteiger partial charge in [0.2, 0.25) is 0 Å². The first-order valence-electron chi connectivity index (χ1n) is 5.51. The van der Waals surface area contributed by atoms with Crippen molar-refractivity contribution in [2.75, 3.05) is 6.61 Å². The first-order chi connectivity index (χ1) is 7.61. The summed E-state index contributed by atoms with van der Waals surface area (Å²) in [5.74, 6) is -0.0893. The summed E-state index contributed by atoms with van der Waals surface area (Å²) in [6.45, 7) is 4.48. The molecular formula is C13H18O3. The molecule has 0 heterocycles. The molecule has 0 fully saturated rings. The molecule has 1 atom stereocenters. The Balaban J connectivity index is 2.43. The number of aliphatic hydroxyl groups excluding tert-OH is 1. The van der Waals surface area contributed by atoms with E-state index in [9.17, 15) is 9.90 Å². The summed E-state index contributed by atoms with van der Waals surface area (Å²) in [6.07, 6.45) is -0.360. The van der Waals surface area contributed by atoms with Gasteiger partial charge in [-0.05, 0) is 17.9 Å². The van der Waals surface area contributed by atoms with Gasteiger partial charge in [0.1, 0.15) is 0 Å². The Morgan fingerprint density at radius 1 is 1.31 bits per heavy atom. The predicted molar refractivity (Wildman–Crippen MR) is 61.8 cm³/mol. The van der Waals surface area contributed by atoms with E-state index in [1.165, 1.54) is 0 Å². The van der Waals surface area contributed by atoms with Gasteiger partial charge in [0.15, 0.2) is 6.10 Å². The van der Waals surface area contributed by atoms with Gasteiger partial charge in [0.25, 0.3) is 0 Å². The number of hydrogen-bond acceptors (Lipinski definition) is 3. The summed E-state index contributed by atoms with van der Waals surface area (Å²) in [7, 11) is 0. The number of hydrogen-bond donors (Lipinski definition) is 1. The molecule has 0 amide bonds. The highest BCUT2D eigenvalue weighted by molar-refractivity contribution is 5.76. The molecule has 0 unspecified atom stereocenters. The topological polar surface area (TPSA) is 46.5 Å². The molecule has 3 nitrogen and oxygen atoms in total. The van der Waals surface area contributed by atoms with Gasteiger partial charge in [-0.3, -0.25) is 0 Å². The average Bonchev–Trinajstić information content (AvgIpc) is 2.28. The van der Waals surface area contributed by atoms with Gasteiger partial charge in [0.05, 0.1) is 6.61 Å². The Hall–Kier alpha value is -1.35. The first-order valence-corrected chi connectivity index (χ1v) is 5.51. The molecule has 1 rings (SSSR count). The normalized spacial score (nSPS) is 12.5. The van der Waals surface area contributed by atoms with Gasteiger partial charge in [-0.1, -0.05) is 44.2 Å². The Kier molecular flexibility index (Phi) is 4.99. The minimum atomic E-state index is -1.17. The number of aliphatic hydroxyl groups is 1. The largest absolute Gasteiger partial charge is 0.464 e. The highest BCUT2D eigenvalue weighted by Gasteiger charge is 2.18. The van der Waals surface area contributed by atoms with E-state index in [2.05, 4.69) is 13.8 Å². The van der Waals surface area contributed by atoms with Crippen LogP contribution in [-0.2, 0) is 9.53 Å². The highest BCUT2D eigenvalue weighted by atomic mass is 16.5. The van der Waals surface area contributed by atoms with E-state index < -0.39 is 12.1 Å². The summed E-state index contributed by atoms with van der Waals surface area (Å²) >= 11 is 0. The van der Waals surface area contributed by atoms with Gasteiger partial charge in [-0.15, -0.1) is 0 Å². The maximum Gasteiger partial charge on any atom is 0.339 e. The lowest BCUT2D eigenvalue weighted by Crippen LogP contribution is -2.16. The van der Waals surface area contributed by atoms with Crippen LogP contribution in [-0.4, -0.2) is 17.7 Å². The molecule has 0 aliphatic heterocycles. The molecule has 0 aliphatic carbocycles. The van der Waals surface area contributed by atoms with Crippen molar-refractivity contribution in [2.24, 2.45) is 5.92 Å². The van der Waals surface area contributed by atoms with Crippen molar-refractivity contribution < 1.29 is 14.6 Å². The summed E-state index contributed by atoms with van der Waals surface area (Å²) < 4.78 is 4.98. The Morgan fingerprint density at radius 3 is 2.50 bits per heavy atom. The predicted octanol–water partition coefficient (Wildman–Crippen LogP) is 2.31. The van der Waals surface area contributed by atoms with Crippen LogP contribution in [0.25, 0.3) is 0 Å². The van der Waals surface area contributed by atoms with Crippen LogP contribution in [0.15, 0.2) is 30.3 Å². The number of carbonyl (C=O) groups excluding carboxylic acids is 1. The third-order valence-electron chi connectivity index (χ3n) is 2.28. The molecule has 16 heavy (non-hydrogen) atoms. The van der Waals surface area contributed by atoms with E-state index >= 15 is 0 Å². The standard InChI is InChI=1S/C13H18O3/c1-10(2)8-9-16-13(15)12(14)11-6-4-3-5-7-11/h3-7,10,12,14H,8-9H2,1-2H3/t12-/m0/s1. The lowest BCUT2D eigenvalue weighted by atomic mass is 10.1. The fourth-order valence-electron chi connectivity index (χ4n) is 1.25. The third kappa shape index (κ3) is 4.03. The smallest absolute Gasteiger partial charge is 0.339 e. The maximum atomic E-state index is 11.5. The number of esters is 1. The zero-order chi connectivity index (χ0) is 12.0. The van der Waals surface area contributed by atoms with E-state index in [1.54, 1.807) is 24.3 Å². The lowest BCUT2D eigenvalue weighted by Gasteiger charge is -2.11. The van der Waals surface area contributed by atoms with Crippen LogP contribution >= 0.6 is 0 Å². The van der Waals surface area contributed by atoms with Gasteiger partial charge in [-0.2, -0.15) is 0 Å². The van der Waals surface area contributed by atoms with Crippen molar-refractivity contribution in [3.05, 3.63) is 35.9 Å². The summed E-state index contributed by atoms with van der Waals surface area (Å²) in [6, 6.07) is 8.79. The van der Waals surface area contributed by atoms with Crippen LogP contribution < -0.4 is 0 Å². The van der Waals surface area contributed by atoms with Crippen LogP contribution in [0.1, 0.15) is 31.9 Å². The molecule has 3 heteroatoms. The number of benzene rings is 1. The molecule has 88 valence electrons. The lowest BCUT2D eigenvalue weighted by molar-refractivity contribution is -0.154. The van der Waals surface area contributed by atoms with E-state index in [1.807, 2.05) is 6.07 Å². The van der Waals surface area contributed by atoms with Crippen LogP contribution in [0.4, 0.5) is 0 Å². The van der Waals surface area contributed by atoms with Gasteiger partial charge < -0.3 is 9.84 Å². The molecule has 0 aliphatic rings. The number of carbonyl (C=O) groups is 1. The fraction of sp³-hybridized carbons (Fsp3) is 0.462. The molecule has 1 aromatic rings. The number of ether oxygens (including phenoxy) is 1. The molecule has 0 radical (unpaired) electrons. The minimum Gasteiger partial charge on any atom is -0.464 e. The minimum absolute atomic E-state index is 0.362. The maximum absolute atomic E-state index is 11.5. The molecule has 0 spiro atoms. The van der Waals surface area contributed by atoms with E-state index in [0.29, 0.717) is 18.1 Å². The quantitative estimate of drug-likeness (QED) is 0.778. The van der Waals surface area contributed by atoms with Crippen LogP contribution in [0.3, 0.4) is 0 Å². The molecule has 0 aromatic heterocycles. The van der Waals surface area contributed by atoms with Crippen molar-refractivity contribution in [1.82, 2.24) is 0 Å². The SMILES string of the molecule is CC(C)CCOC(=O)[C@@H](O)c1ccccc1. The second kappa shape index (κ2) is 6.28. The number of rotatable bonds is 5. The van der Waals surface area contributed by atoms with Crippen LogP contribution in [0.5, 0.6) is 0 Å². The van der Waals surface area contributed by atoms with Gasteiger partial charge in [0, 0.05) is 0 Å². The van der Waals surface area contributed by atoms with Crippen LogP contribution in [0, 0.1) is 5.92 Å². The molecule has 0 bridgehead atoms. The molecule has 0 saturated heterocycles. The van der Waals surface area contributed by atoms with Crippen molar-refractivity contribution in [3.63, 3.8) is 0 Å². The molecule has 0 saturated carbocycles. The van der Waals surface area contributed by atoms with E-state index in [0.717, 1.165) is 6.42 Å². The van der Waals surface area contributed by atoms with Crippen LogP contribution in [0.2, 0.25) is 0 Å². The van der Waals surface area contributed by atoms with E-state index in [4.69, 9.17) is 4.74 Å². The summed E-state index contributed by atoms with van der Waals surface area (Å²) in [5.41, 5.74) is 0.567. The van der Waals surface area contributed by atoms with Crippen molar-refractivity contribution in [2.45, 2.75) is 26.4 Å². The van der Waals surface area contributed by atoms with Gasteiger partial charge >= 0.3 is 5.97 Å². The summed E-state index contributed by atoms with van der Waals surface area (Å²) in [5, 5.41) is 9.68. The first kappa shape index (κ1) is 12.7. The zero-order valence-electron chi connectivity index (χ0n) is 9.72. The fourth-order valence-corrected chi connectivity index (χ4v) is 1.25. The second-order valence-electron chi connectivity index (χ2n) is 4.16. The van der Waals surface area contributed by atoms with E-state index in [-0.39, 0.29) is 0 Å². The monoisotopic (exact) mass is 222 g/mol. The Morgan fingerprint density at radius 2 is 1.94 bits per heavy atom.